The quantitative estimate of drug-likeness (QED) is 0.770. The minimum Gasteiger partial charge on any atom is -0.315 e. The van der Waals surface area contributed by atoms with E-state index in [-0.39, 0.29) is 5.56 Å². The zero-order chi connectivity index (χ0) is 9.42. The van der Waals surface area contributed by atoms with E-state index in [0.717, 1.165) is 21.1 Å². The summed E-state index contributed by atoms with van der Waals surface area (Å²) in [5.41, 5.74) is 0.0909. The summed E-state index contributed by atoms with van der Waals surface area (Å²) in [7, 11) is 0. The van der Waals surface area contributed by atoms with E-state index in [1.54, 1.807) is 15.9 Å². The largest absolute Gasteiger partial charge is 0.315 e. The highest BCUT2D eigenvalue weighted by atomic mass is 79.9. The van der Waals surface area contributed by atoms with Gasteiger partial charge in [-0.15, -0.1) is 11.3 Å². The maximum absolute atomic E-state index is 11.8. The SMILES string of the molecule is CCn1ccc2scc(Br)c2c1=O. The molecule has 0 N–H and O–H groups in total. The maximum atomic E-state index is 11.8. The Bertz CT molecular complexity index is 500. The molecule has 2 aromatic heterocycles. The van der Waals surface area contributed by atoms with E-state index >= 15 is 0 Å². The van der Waals surface area contributed by atoms with E-state index in [4.69, 9.17) is 0 Å². The van der Waals surface area contributed by atoms with Gasteiger partial charge in [-0.3, -0.25) is 4.79 Å². The van der Waals surface area contributed by atoms with E-state index in [1.807, 2.05) is 24.6 Å². The molecule has 0 bridgehead atoms. The summed E-state index contributed by atoms with van der Waals surface area (Å²) in [4.78, 5) is 11.8. The van der Waals surface area contributed by atoms with Gasteiger partial charge in [0.25, 0.3) is 5.56 Å². The van der Waals surface area contributed by atoms with Crippen molar-refractivity contribution < 1.29 is 0 Å². The average Bonchev–Trinajstić information content (AvgIpc) is 2.49. The van der Waals surface area contributed by atoms with Crippen molar-refractivity contribution in [3.8, 4) is 0 Å². The van der Waals surface area contributed by atoms with Gasteiger partial charge in [0.1, 0.15) is 0 Å². The molecule has 0 aromatic carbocycles. The van der Waals surface area contributed by atoms with Crippen molar-refractivity contribution in [3.63, 3.8) is 0 Å². The monoisotopic (exact) mass is 257 g/mol. The summed E-state index contributed by atoms with van der Waals surface area (Å²) in [6.07, 6.45) is 1.84. The topological polar surface area (TPSA) is 22.0 Å². The fraction of sp³-hybridized carbons (Fsp3) is 0.222. The predicted octanol–water partition coefficient (Wildman–Crippen LogP) is 2.85. The Balaban J connectivity index is 2.92. The zero-order valence-corrected chi connectivity index (χ0v) is 9.48. The Labute approximate surface area is 87.9 Å². The molecule has 4 heteroatoms. The van der Waals surface area contributed by atoms with Crippen LogP contribution >= 0.6 is 27.3 Å². The molecule has 0 aliphatic carbocycles. The van der Waals surface area contributed by atoms with Crippen molar-refractivity contribution in [2.45, 2.75) is 13.5 Å². The summed E-state index contributed by atoms with van der Waals surface area (Å²) in [6, 6.07) is 1.98. The second kappa shape index (κ2) is 3.27. The lowest BCUT2D eigenvalue weighted by Gasteiger charge is -2.00. The zero-order valence-electron chi connectivity index (χ0n) is 7.08. The highest BCUT2D eigenvalue weighted by Crippen LogP contribution is 2.26. The third-order valence-electron chi connectivity index (χ3n) is 2.00. The van der Waals surface area contributed by atoms with Crippen LogP contribution in [-0.4, -0.2) is 4.57 Å². The van der Waals surface area contributed by atoms with E-state index < -0.39 is 0 Å². The number of rotatable bonds is 1. The molecule has 0 aliphatic rings. The van der Waals surface area contributed by atoms with Gasteiger partial charge in [-0.1, -0.05) is 0 Å². The van der Waals surface area contributed by atoms with Gasteiger partial charge in [-0.25, -0.2) is 0 Å². The number of nitrogens with zero attached hydrogens (tertiary/aromatic N) is 1. The van der Waals surface area contributed by atoms with Crippen molar-refractivity contribution in [2.75, 3.05) is 0 Å². The number of thiophene rings is 1. The van der Waals surface area contributed by atoms with Gasteiger partial charge in [0.15, 0.2) is 0 Å². The van der Waals surface area contributed by atoms with Crippen molar-refractivity contribution in [3.05, 3.63) is 32.5 Å². The van der Waals surface area contributed by atoms with Gasteiger partial charge in [0.2, 0.25) is 0 Å². The Morgan fingerprint density at radius 1 is 1.62 bits per heavy atom. The van der Waals surface area contributed by atoms with Crippen LogP contribution in [0.3, 0.4) is 0 Å². The van der Waals surface area contributed by atoms with Crippen LogP contribution < -0.4 is 5.56 Å². The normalized spacial score (nSPS) is 10.9. The van der Waals surface area contributed by atoms with Crippen LogP contribution in [0.2, 0.25) is 0 Å². The summed E-state index contributed by atoms with van der Waals surface area (Å²) >= 11 is 4.97. The van der Waals surface area contributed by atoms with E-state index in [2.05, 4.69) is 15.9 Å². The highest BCUT2D eigenvalue weighted by Gasteiger charge is 2.06. The van der Waals surface area contributed by atoms with Crippen LogP contribution in [0.25, 0.3) is 10.1 Å². The molecular weight excluding hydrogens is 250 g/mol. The van der Waals surface area contributed by atoms with Crippen LogP contribution in [0, 0.1) is 0 Å². The summed E-state index contributed by atoms with van der Waals surface area (Å²) in [5.74, 6) is 0. The van der Waals surface area contributed by atoms with Gasteiger partial charge >= 0.3 is 0 Å². The second-order valence-electron chi connectivity index (χ2n) is 2.73. The molecule has 0 aliphatic heterocycles. The molecule has 0 radical (unpaired) electrons. The Morgan fingerprint density at radius 2 is 2.38 bits per heavy atom. The van der Waals surface area contributed by atoms with Crippen molar-refractivity contribution in [2.24, 2.45) is 0 Å². The predicted molar refractivity (Wildman–Crippen MR) is 59.5 cm³/mol. The third-order valence-corrected chi connectivity index (χ3v) is 3.87. The minimum atomic E-state index is 0.0909. The van der Waals surface area contributed by atoms with Gasteiger partial charge in [0, 0.05) is 27.3 Å². The number of hydrogen-bond acceptors (Lipinski definition) is 2. The maximum Gasteiger partial charge on any atom is 0.260 e. The molecule has 2 aromatic rings. The minimum absolute atomic E-state index is 0.0909. The number of halogens is 1. The van der Waals surface area contributed by atoms with Crippen LogP contribution in [0.15, 0.2) is 26.9 Å². The first kappa shape index (κ1) is 8.97. The van der Waals surface area contributed by atoms with Gasteiger partial charge in [0.05, 0.1) is 5.39 Å². The number of hydrogen-bond donors (Lipinski definition) is 0. The first-order chi connectivity index (χ1) is 6.24. The Kier molecular flexibility index (Phi) is 2.26. The number of fused-ring (bicyclic) bond motifs is 1. The number of aryl methyl sites for hydroxylation is 1. The molecule has 2 rings (SSSR count). The van der Waals surface area contributed by atoms with Crippen molar-refractivity contribution in [1.82, 2.24) is 4.57 Å². The number of aromatic nitrogens is 1. The van der Waals surface area contributed by atoms with E-state index in [1.165, 1.54) is 0 Å². The molecule has 0 fully saturated rings. The van der Waals surface area contributed by atoms with Gasteiger partial charge in [-0.05, 0) is 28.9 Å². The van der Waals surface area contributed by atoms with Crippen molar-refractivity contribution >= 4 is 37.4 Å². The molecule has 68 valence electrons. The fourth-order valence-corrected chi connectivity index (χ4v) is 2.90. The summed E-state index contributed by atoms with van der Waals surface area (Å²) in [6.45, 7) is 2.69. The van der Waals surface area contributed by atoms with E-state index in [9.17, 15) is 4.79 Å². The smallest absolute Gasteiger partial charge is 0.260 e. The van der Waals surface area contributed by atoms with Crippen LogP contribution in [0.5, 0.6) is 0 Å². The molecule has 0 amide bonds. The molecule has 2 nitrogen and oxygen atoms in total. The molecular formula is C9H8BrNOS. The van der Waals surface area contributed by atoms with Crippen LogP contribution in [0.4, 0.5) is 0 Å². The third kappa shape index (κ3) is 1.34. The van der Waals surface area contributed by atoms with Crippen LogP contribution in [0.1, 0.15) is 6.92 Å². The van der Waals surface area contributed by atoms with Gasteiger partial charge in [-0.2, -0.15) is 0 Å². The van der Waals surface area contributed by atoms with Crippen molar-refractivity contribution in [1.29, 1.82) is 0 Å². The molecule has 0 saturated carbocycles. The lowest BCUT2D eigenvalue weighted by Crippen LogP contribution is -2.17. The molecule has 0 saturated heterocycles. The molecule has 0 unspecified atom stereocenters. The standard InChI is InChI=1S/C9H8BrNOS/c1-2-11-4-3-7-8(9(11)12)6(10)5-13-7/h3-5H,2H2,1H3. The molecule has 0 atom stereocenters. The molecule has 2 heterocycles. The molecule has 0 spiro atoms. The van der Waals surface area contributed by atoms with E-state index in [0.29, 0.717) is 0 Å². The fourth-order valence-electron chi connectivity index (χ4n) is 1.30. The van der Waals surface area contributed by atoms with Crippen LogP contribution in [-0.2, 0) is 6.54 Å². The highest BCUT2D eigenvalue weighted by molar-refractivity contribution is 9.10. The Morgan fingerprint density at radius 3 is 3.08 bits per heavy atom. The second-order valence-corrected chi connectivity index (χ2v) is 4.50. The lowest BCUT2D eigenvalue weighted by molar-refractivity contribution is 0.735. The summed E-state index contributed by atoms with van der Waals surface area (Å²) in [5, 5.41) is 2.75. The molecule has 13 heavy (non-hydrogen) atoms. The average molecular weight is 258 g/mol. The first-order valence-electron chi connectivity index (χ1n) is 4.00. The Hall–Kier alpha value is -0.610. The lowest BCUT2D eigenvalue weighted by atomic mass is 10.3. The number of pyridine rings is 1. The first-order valence-corrected chi connectivity index (χ1v) is 5.67. The van der Waals surface area contributed by atoms with Gasteiger partial charge < -0.3 is 4.57 Å². The summed E-state index contributed by atoms with van der Waals surface area (Å²) < 4.78 is 3.65.